The number of likely N-dealkylation sites (tertiary alicyclic amines) is 1. The lowest BCUT2D eigenvalue weighted by atomic mass is 9.75. The molecule has 0 amide bonds. The molecule has 0 spiro atoms. The van der Waals surface area contributed by atoms with Gasteiger partial charge in [0.25, 0.3) is 0 Å². The molecule has 0 aromatic heterocycles. The Balaban J connectivity index is 1.93. The number of phenolic OH excluding ortho intramolecular Hbond substituents is 2. The van der Waals surface area contributed by atoms with Crippen LogP contribution in [0.4, 0.5) is 0 Å². The third-order valence-electron chi connectivity index (χ3n) is 4.58. The maximum absolute atomic E-state index is 10.0. The normalized spacial score (nSPS) is 26.3. The summed E-state index contributed by atoms with van der Waals surface area (Å²) in [4.78, 5) is 2.39. The van der Waals surface area contributed by atoms with Crippen molar-refractivity contribution in [1.29, 1.82) is 0 Å². The number of fused-ring (bicyclic) bond motifs is 2. The number of nitrogens with zero attached hydrogens (tertiary/aromatic N) is 1. The van der Waals surface area contributed by atoms with Crippen molar-refractivity contribution in [2.24, 2.45) is 5.92 Å². The topological polar surface area (TPSA) is 43.7 Å². The van der Waals surface area contributed by atoms with E-state index in [1.54, 1.807) is 6.07 Å². The first-order chi connectivity index (χ1) is 9.20. The second kappa shape index (κ2) is 4.79. The molecule has 1 aliphatic heterocycles. The number of piperidine rings is 1. The monoisotopic (exact) mass is 257 g/mol. The number of phenols is 2. The van der Waals surface area contributed by atoms with Gasteiger partial charge in [-0.15, -0.1) is 6.42 Å². The summed E-state index contributed by atoms with van der Waals surface area (Å²) in [6, 6.07) is 4.01. The van der Waals surface area contributed by atoms with Crippen molar-refractivity contribution < 1.29 is 10.2 Å². The number of hydrogen-bond acceptors (Lipinski definition) is 3. The Morgan fingerprint density at radius 3 is 2.95 bits per heavy atom. The zero-order valence-electron chi connectivity index (χ0n) is 11.0. The molecule has 1 unspecified atom stereocenters. The molecule has 19 heavy (non-hydrogen) atoms. The standard InChI is InChI=1S/C16H19NO2/c1-2-7-17-8-3-4-12-9-13-11(10-14(12)17)5-6-15(18)16(13)19/h1,5-6,12,14,18-19H,3-4,7-10H2/t12-,14?/m1/s1. The zero-order valence-corrected chi connectivity index (χ0v) is 11.0. The largest absolute Gasteiger partial charge is 0.504 e. The molecule has 3 nitrogen and oxygen atoms in total. The molecule has 1 aromatic carbocycles. The highest BCUT2D eigenvalue weighted by Crippen LogP contribution is 2.41. The van der Waals surface area contributed by atoms with Gasteiger partial charge < -0.3 is 10.2 Å². The lowest BCUT2D eigenvalue weighted by Gasteiger charge is -2.44. The lowest BCUT2D eigenvalue weighted by molar-refractivity contribution is 0.0985. The molecular weight excluding hydrogens is 238 g/mol. The van der Waals surface area contributed by atoms with Gasteiger partial charge in [-0.1, -0.05) is 12.0 Å². The van der Waals surface area contributed by atoms with Gasteiger partial charge in [0, 0.05) is 11.6 Å². The Labute approximate surface area is 113 Å². The third kappa shape index (κ3) is 2.06. The fourth-order valence-electron chi connectivity index (χ4n) is 3.63. The molecule has 1 aliphatic carbocycles. The van der Waals surface area contributed by atoms with E-state index >= 15 is 0 Å². The quantitative estimate of drug-likeness (QED) is 0.596. The van der Waals surface area contributed by atoms with Crippen molar-refractivity contribution in [1.82, 2.24) is 4.90 Å². The minimum absolute atomic E-state index is 0.00603. The first kappa shape index (κ1) is 12.4. The second-order valence-corrected chi connectivity index (χ2v) is 5.62. The van der Waals surface area contributed by atoms with Crippen LogP contribution in [0.15, 0.2) is 12.1 Å². The summed E-state index contributed by atoms with van der Waals surface area (Å²) in [6.45, 7) is 1.78. The number of aromatic hydroxyl groups is 2. The van der Waals surface area contributed by atoms with E-state index in [4.69, 9.17) is 6.42 Å². The molecule has 1 heterocycles. The number of terminal acetylenes is 1. The summed E-state index contributed by atoms with van der Waals surface area (Å²) >= 11 is 0. The summed E-state index contributed by atoms with van der Waals surface area (Å²) < 4.78 is 0. The molecule has 1 fully saturated rings. The Morgan fingerprint density at radius 2 is 2.16 bits per heavy atom. The molecular formula is C16H19NO2. The predicted molar refractivity (Wildman–Crippen MR) is 74.1 cm³/mol. The Hall–Kier alpha value is -1.66. The van der Waals surface area contributed by atoms with E-state index in [0.717, 1.165) is 36.9 Å². The van der Waals surface area contributed by atoms with Crippen molar-refractivity contribution in [3.8, 4) is 23.8 Å². The van der Waals surface area contributed by atoms with Gasteiger partial charge in [0.1, 0.15) is 0 Å². The molecule has 2 atom stereocenters. The smallest absolute Gasteiger partial charge is 0.160 e. The van der Waals surface area contributed by atoms with Crippen LogP contribution < -0.4 is 0 Å². The molecule has 1 saturated heterocycles. The minimum atomic E-state index is -0.00603. The number of rotatable bonds is 1. The molecule has 2 aliphatic rings. The van der Waals surface area contributed by atoms with E-state index in [9.17, 15) is 10.2 Å². The number of benzene rings is 1. The highest BCUT2D eigenvalue weighted by atomic mass is 16.3. The van der Waals surface area contributed by atoms with Crippen LogP contribution >= 0.6 is 0 Å². The first-order valence-electron chi connectivity index (χ1n) is 6.91. The van der Waals surface area contributed by atoms with Crippen molar-refractivity contribution >= 4 is 0 Å². The lowest BCUT2D eigenvalue weighted by Crippen LogP contribution is -2.49. The van der Waals surface area contributed by atoms with Crippen molar-refractivity contribution in [2.45, 2.75) is 31.7 Å². The van der Waals surface area contributed by atoms with Crippen molar-refractivity contribution in [2.75, 3.05) is 13.1 Å². The first-order valence-corrected chi connectivity index (χ1v) is 6.91. The van der Waals surface area contributed by atoms with Gasteiger partial charge >= 0.3 is 0 Å². The summed E-state index contributed by atoms with van der Waals surface area (Å²) in [5.41, 5.74) is 2.09. The van der Waals surface area contributed by atoms with E-state index in [1.807, 2.05) is 6.07 Å². The van der Waals surface area contributed by atoms with Crippen LogP contribution in [-0.2, 0) is 12.8 Å². The van der Waals surface area contributed by atoms with Gasteiger partial charge in [-0.25, -0.2) is 0 Å². The molecule has 2 N–H and O–H groups in total. The van der Waals surface area contributed by atoms with Gasteiger partial charge in [-0.2, -0.15) is 0 Å². The molecule has 0 radical (unpaired) electrons. The second-order valence-electron chi connectivity index (χ2n) is 5.62. The fourth-order valence-corrected chi connectivity index (χ4v) is 3.63. The molecule has 3 rings (SSSR count). The molecule has 100 valence electrons. The van der Waals surface area contributed by atoms with E-state index < -0.39 is 0 Å². The molecule has 0 bridgehead atoms. The maximum atomic E-state index is 10.0. The van der Waals surface area contributed by atoms with Crippen molar-refractivity contribution in [3.63, 3.8) is 0 Å². The van der Waals surface area contributed by atoms with Gasteiger partial charge in [-0.05, 0) is 49.8 Å². The van der Waals surface area contributed by atoms with Crippen LogP contribution in [0.25, 0.3) is 0 Å². The summed E-state index contributed by atoms with van der Waals surface area (Å²) in [5.74, 6) is 3.36. The van der Waals surface area contributed by atoms with Gasteiger partial charge in [0.2, 0.25) is 0 Å². The van der Waals surface area contributed by atoms with Crippen LogP contribution in [-0.4, -0.2) is 34.2 Å². The van der Waals surface area contributed by atoms with Gasteiger partial charge in [-0.3, -0.25) is 4.90 Å². The zero-order chi connectivity index (χ0) is 13.4. The predicted octanol–water partition coefficient (Wildman–Crippen LogP) is 1.91. The van der Waals surface area contributed by atoms with E-state index in [-0.39, 0.29) is 11.5 Å². The maximum Gasteiger partial charge on any atom is 0.160 e. The van der Waals surface area contributed by atoms with Crippen LogP contribution in [0.1, 0.15) is 24.0 Å². The van der Waals surface area contributed by atoms with Crippen molar-refractivity contribution in [3.05, 3.63) is 23.3 Å². The van der Waals surface area contributed by atoms with Gasteiger partial charge in [0.15, 0.2) is 11.5 Å². The van der Waals surface area contributed by atoms with E-state index in [1.165, 1.54) is 6.42 Å². The van der Waals surface area contributed by atoms with Crippen LogP contribution in [0.2, 0.25) is 0 Å². The summed E-state index contributed by atoms with van der Waals surface area (Å²) in [6.07, 6.45) is 9.57. The Kier molecular flexibility index (Phi) is 3.12. The summed E-state index contributed by atoms with van der Waals surface area (Å²) in [5, 5.41) is 19.6. The fraction of sp³-hybridized carbons (Fsp3) is 0.500. The van der Waals surface area contributed by atoms with Crippen LogP contribution in [0.5, 0.6) is 11.5 Å². The van der Waals surface area contributed by atoms with Crippen LogP contribution in [0, 0.1) is 18.3 Å². The average Bonchev–Trinajstić information content (AvgIpc) is 2.42. The Bertz CT molecular complexity index is 532. The Morgan fingerprint density at radius 1 is 1.32 bits per heavy atom. The molecule has 1 aromatic rings. The molecule has 0 saturated carbocycles. The van der Waals surface area contributed by atoms with E-state index in [0.29, 0.717) is 18.5 Å². The highest BCUT2D eigenvalue weighted by Gasteiger charge is 2.36. The highest BCUT2D eigenvalue weighted by molar-refractivity contribution is 5.50. The SMILES string of the molecule is C#CCN1CCC[C@@H]2Cc3c(ccc(O)c3O)CC21. The number of hydrogen-bond donors (Lipinski definition) is 2. The summed E-state index contributed by atoms with van der Waals surface area (Å²) in [7, 11) is 0. The minimum Gasteiger partial charge on any atom is -0.504 e. The van der Waals surface area contributed by atoms with E-state index in [2.05, 4.69) is 10.8 Å². The van der Waals surface area contributed by atoms with Gasteiger partial charge in [0.05, 0.1) is 6.54 Å². The molecule has 3 heteroatoms. The van der Waals surface area contributed by atoms with Crippen LogP contribution in [0.3, 0.4) is 0 Å². The average molecular weight is 257 g/mol. The third-order valence-corrected chi connectivity index (χ3v) is 4.58.